The van der Waals surface area contributed by atoms with Gasteiger partial charge in [0.05, 0.1) is 10.6 Å². The lowest BCUT2D eigenvalue weighted by Crippen LogP contribution is -2.53. The highest BCUT2D eigenvalue weighted by molar-refractivity contribution is 7.92. The fourth-order valence-corrected chi connectivity index (χ4v) is 6.23. The first-order chi connectivity index (χ1) is 18.8. The van der Waals surface area contributed by atoms with E-state index >= 15 is 0 Å². The molecule has 0 unspecified atom stereocenters. The molecular formula is C30H35Cl2N3O4S. The van der Waals surface area contributed by atoms with Gasteiger partial charge in [-0.15, -0.1) is 0 Å². The minimum absolute atomic E-state index is 0.0112. The Morgan fingerprint density at radius 3 is 2.08 bits per heavy atom. The number of sulfonamides is 1. The zero-order valence-electron chi connectivity index (χ0n) is 23.3. The predicted octanol–water partition coefficient (Wildman–Crippen LogP) is 6.14. The van der Waals surface area contributed by atoms with Crippen LogP contribution in [0.4, 0.5) is 5.69 Å². The predicted molar refractivity (Wildman–Crippen MR) is 161 cm³/mol. The van der Waals surface area contributed by atoms with Crippen molar-refractivity contribution < 1.29 is 18.0 Å². The standard InChI is InChI=1S/C30H35Cl2N3O4S/c1-6-28(30(37)33-20(2)3)34(18-23-10-8-7-9-22(23)5)29(36)19-35(26-16-24(31)15-25(32)17-26)40(38,39)27-13-11-21(4)12-14-27/h7-17,20,28H,6,18-19H2,1-5H3,(H,33,37)/t28-/m1/s1. The van der Waals surface area contributed by atoms with Crippen molar-refractivity contribution in [3.63, 3.8) is 0 Å². The van der Waals surface area contributed by atoms with E-state index in [1.54, 1.807) is 12.1 Å². The number of hydrogen-bond donors (Lipinski definition) is 1. The summed E-state index contributed by atoms with van der Waals surface area (Å²) in [5.41, 5.74) is 2.83. The van der Waals surface area contributed by atoms with Crippen LogP contribution in [0.25, 0.3) is 0 Å². The summed E-state index contributed by atoms with van der Waals surface area (Å²) in [5.74, 6) is -0.848. The van der Waals surface area contributed by atoms with Gasteiger partial charge in [-0.2, -0.15) is 0 Å². The van der Waals surface area contributed by atoms with E-state index < -0.39 is 28.5 Å². The van der Waals surface area contributed by atoms with Gasteiger partial charge < -0.3 is 10.2 Å². The first kappa shape index (κ1) is 31.5. The van der Waals surface area contributed by atoms with E-state index in [1.165, 1.54) is 35.2 Å². The minimum Gasteiger partial charge on any atom is -0.352 e. The van der Waals surface area contributed by atoms with Crippen LogP contribution in [0, 0.1) is 13.8 Å². The Morgan fingerprint density at radius 2 is 1.52 bits per heavy atom. The summed E-state index contributed by atoms with van der Waals surface area (Å²) in [6, 6.07) is 17.3. The first-order valence-electron chi connectivity index (χ1n) is 13.0. The maximum atomic E-state index is 14.1. The average molecular weight is 605 g/mol. The van der Waals surface area contributed by atoms with E-state index in [4.69, 9.17) is 23.2 Å². The van der Waals surface area contributed by atoms with Gasteiger partial charge in [0, 0.05) is 22.6 Å². The van der Waals surface area contributed by atoms with Gasteiger partial charge in [0.1, 0.15) is 12.6 Å². The van der Waals surface area contributed by atoms with Crippen molar-refractivity contribution in [2.75, 3.05) is 10.8 Å². The number of nitrogens with one attached hydrogen (secondary N) is 1. The lowest BCUT2D eigenvalue weighted by Gasteiger charge is -2.34. The van der Waals surface area contributed by atoms with Crippen molar-refractivity contribution in [2.24, 2.45) is 0 Å². The van der Waals surface area contributed by atoms with Gasteiger partial charge in [0.25, 0.3) is 10.0 Å². The molecule has 0 aliphatic carbocycles. The number of carbonyl (C=O) groups excluding carboxylic acids is 2. The third-order valence-corrected chi connectivity index (χ3v) is 8.67. The van der Waals surface area contributed by atoms with E-state index in [1.807, 2.05) is 58.9 Å². The summed E-state index contributed by atoms with van der Waals surface area (Å²) in [6.45, 7) is 8.85. The zero-order chi connectivity index (χ0) is 29.6. The Labute approximate surface area is 247 Å². The molecule has 1 atom stereocenters. The summed E-state index contributed by atoms with van der Waals surface area (Å²) in [4.78, 5) is 28.8. The van der Waals surface area contributed by atoms with Gasteiger partial charge in [-0.25, -0.2) is 8.42 Å². The minimum atomic E-state index is -4.22. The highest BCUT2D eigenvalue weighted by Gasteiger charge is 2.34. The highest BCUT2D eigenvalue weighted by Crippen LogP contribution is 2.30. The number of anilines is 1. The van der Waals surface area contributed by atoms with Crippen LogP contribution >= 0.6 is 23.2 Å². The van der Waals surface area contributed by atoms with Crippen LogP contribution in [-0.4, -0.2) is 43.8 Å². The fourth-order valence-electron chi connectivity index (χ4n) is 4.32. The molecule has 3 aromatic rings. The lowest BCUT2D eigenvalue weighted by atomic mass is 10.1. The smallest absolute Gasteiger partial charge is 0.264 e. The largest absolute Gasteiger partial charge is 0.352 e. The number of nitrogens with zero attached hydrogens (tertiary/aromatic N) is 2. The number of aryl methyl sites for hydroxylation is 2. The third-order valence-electron chi connectivity index (χ3n) is 6.44. The van der Waals surface area contributed by atoms with E-state index in [9.17, 15) is 18.0 Å². The molecule has 10 heteroatoms. The summed E-state index contributed by atoms with van der Waals surface area (Å²) in [6.07, 6.45) is 0.337. The molecule has 214 valence electrons. The van der Waals surface area contributed by atoms with Crippen LogP contribution in [-0.2, 0) is 26.2 Å². The lowest BCUT2D eigenvalue weighted by molar-refractivity contribution is -0.140. The van der Waals surface area contributed by atoms with Crippen molar-refractivity contribution in [3.8, 4) is 0 Å². The van der Waals surface area contributed by atoms with Crippen LogP contribution in [0.3, 0.4) is 0 Å². The molecule has 0 aliphatic heterocycles. The Hall–Kier alpha value is -3.07. The number of amides is 2. The molecule has 0 radical (unpaired) electrons. The molecule has 0 spiro atoms. The Bertz CT molecular complexity index is 1440. The van der Waals surface area contributed by atoms with Crippen molar-refractivity contribution >= 4 is 50.7 Å². The third kappa shape index (κ3) is 7.77. The number of benzene rings is 3. The quantitative estimate of drug-likeness (QED) is 0.285. The zero-order valence-corrected chi connectivity index (χ0v) is 25.6. The number of carbonyl (C=O) groups is 2. The molecule has 3 rings (SSSR count). The average Bonchev–Trinajstić information content (AvgIpc) is 2.87. The molecule has 3 aromatic carbocycles. The van der Waals surface area contributed by atoms with E-state index in [0.29, 0.717) is 6.42 Å². The normalized spacial score (nSPS) is 12.2. The summed E-state index contributed by atoms with van der Waals surface area (Å²) < 4.78 is 28.9. The Kier molecular flexibility index (Phi) is 10.6. The molecule has 0 saturated heterocycles. The van der Waals surface area contributed by atoms with Gasteiger partial charge in [-0.05, 0) is 75.6 Å². The molecule has 7 nitrogen and oxygen atoms in total. The summed E-state index contributed by atoms with van der Waals surface area (Å²) in [5, 5.41) is 3.33. The van der Waals surface area contributed by atoms with Crippen molar-refractivity contribution in [2.45, 2.75) is 64.6 Å². The topological polar surface area (TPSA) is 86.8 Å². The second-order valence-electron chi connectivity index (χ2n) is 9.99. The van der Waals surface area contributed by atoms with Crippen LogP contribution < -0.4 is 9.62 Å². The SMILES string of the molecule is CC[C@H](C(=O)NC(C)C)N(Cc1ccccc1C)C(=O)CN(c1cc(Cl)cc(Cl)c1)S(=O)(=O)c1ccc(C)cc1. The molecule has 0 aliphatic rings. The fraction of sp³-hybridized carbons (Fsp3) is 0.333. The summed E-state index contributed by atoms with van der Waals surface area (Å²) >= 11 is 12.5. The van der Waals surface area contributed by atoms with Crippen molar-refractivity contribution in [1.82, 2.24) is 10.2 Å². The summed E-state index contributed by atoms with van der Waals surface area (Å²) in [7, 11) is -4.22. The van der Waals surface area contributed by atoms with Crippen LogP contribution in [0.15, 0.2) is 71.6 Å². The van der Waals surface area contributed by atoms with Crippen LogP contribution in [0.5, 0.6) is 0 Å². The first-order valence-corrected chi connectivity index (χ1v) is 15.2. The van der Waals surface area contributed by atoms with Crippen LogP contribution in [0.2, 0.25) is 10.0 Å². The Morgan fingerprint density at radius 1 is 0.925 bits per heavy atom. The molecule has 0 heterocycles. The molecule has 0 bridgehead atoms. The number of halogens is 2. The monoisotopic (exact) mass is 603 g/mol. The van der Waals surface area contributed by atoms with Crippen molar-refractivity contribution in [3.05, 3.63) is 93.5 Å². The molecule has 40 heavy (non-hydrogen) atoms. The second kappa shape index (κ2) is 13.5. The van der Waals surface area contributed by atoms with Crippen LogP contribution in [0.1, 0.15) is 43.9 Å². The molecule has 2 amide bonds. The van der Waals surface area contributed by atoms with E-state index in [-0.39, 0.29) is 39.1 Å². The maximum Gasteiger partial charge on any atom is 0.264 e. The second-order valence-corrected chi connectivity index (χ2v) is 12.7. The highest BCUT2D eigenvalue weighted by atomic mass is 35.5. The van der Waals surface area contributed by atoms with Crippen molar-refractivity contribution in [1.29, 1.82) is 0 Å². The van der Waals surface area contributed by atoms with Gasteiger partial charge in [0.15, 0.2) is 0 Å². The van der Waals surface area contributed by atoms with Gasteiger partial charge in [-0.3, -0.25) is 13.9 Å². The van der Waals surface area contributed by atoms with Gasteiger partial charge >= 0.3 is 0 Å². The van der Waals surface area contributed by atoms with E-state index in [0.717, 1.165) is 21.0 Å². The van der Waals surface area contributed by atoms with Gasteiger partial charge in [0.2, 0.25) is 11.8 Å². The van der Waals surface area contributed by atoms with E-state index in [2.05, 4.69) is 5.32 Å². The molecular weight excluding hydrogens is 569 g/mol. The number of hydrogen-bond acceptors (Lipinski definition) is 4. The maximum absolute atomic E-state index is 14.1. The molecule has 1 N–H and O–H groups in total. The molecule has 0 saturated carbocycles. The molecule has 0 aromatic heterocycles. The van der Waals surface area contributed by atoms with Gasteiger partial charge in [-0.1, -0.05) is 72.1 Å². The Balaban J connectivity index is 2.11. The number of rotatable bonds is 11. The molecule has 0 fully saturated rings.